The molecule has 0 radical (unpaired) electrons. The van der Waals surface area contributed by atoms with Crippen LogP contribution in [0.1, 0.15) is 37.8 Å². The fourth-order valence-electron chi connectivity index (χ4n) is 1.98. The summed E-state index contributed by atoms with van der Waals surface area (Å²) in [7, 11) is 0. The number of carbonyl (C=O) groups is 2. The highest BCUT2D eigenvalue weighted by molar-refractivity contribution is 5.77. The van der Waals surface area contributed by atoms with Gasteiger partial charge in [-0.25, -0.2) is 0 Å². The van der Waals surface area contributed by atoms with Gasteiger partial charge >= 0.3 is 5.97 Å². The highest BCUT2D eigenvalue weighted by Gasteiger charge is 2.16. The van der Waals surface area contributed by atoms with Gasteiger partial charge in [-0.2, -0.15) is 0 Å². The summed E-state index contributed by atoms with van der Waals surface area (Å²) in [5.74, 6) is 0.334. The van der Waals surface area contributed by atoms with Crippen LogP contribution in [0.3, 0.4) is 0 Å². The van der Waals surface area contributed by atoms with E-state index in [1.165, 1.54) is 0 Å². The number of nitrogens with one attached hydrogen (secondary N) is 1. The standard InChI is InChI=1S/C14H17NO5/c1-9(15-13(16)3-2-4-14(17)18)10-5-6-11-12(7-10)20-8-19-11/h5-7,9H,2-4,8H2,1H3,(H,15,16)(H,17,18)/t9-/m1/s1. The number of carbonyl (C=O) groups excluding carboxylic acids is 1. The van der Waals surface area contributed by atoms with Crippen molar-refractivity contribution >= 4 is 11.9 Å². The molecule has 20 heavy (non-hydrogen) atoms. The molecule has 0 fully saturated rings. The van der Waals surface area contributed by atoms with Crippen molar-refractivity contribution in [3.63, 3.8) is 0 Å². The third-order valence-corrected chi connectivity index (χ3v) is 3.07. The number of carboxylic acids is 1. The number of ether oxygens (including phenoxy) is 2. The van der Waals surface area contributed by atoms with E-state index in [4.69, 9.17) is 14.6 Å². The van der Waals surface area contributed by atoms with E-state index in [1.807, 2.05) is 25.1 Å². The van der Waals surface area contributed by atoms with Crippen LogP contribution >= 0.6 is 0 Å². The molecule has 0 unspecified atom stereocenters. The number of rotatable bonds is 6. The highest BCUT2D eigenvalue weighted by Crippen LogP contribution is 2.34. The molecule has 2 N–H and O–H groups in total. The lowest BCUT2D eigenvalue weighted by Gasteiger charge is -2.14. The maximum absolute atomic E-state index is 11.7. The zero-order valence-corrected chi connectivity index (χ0v) is 11.2. The number of amides is 1. The Hall–Kier alpha value is -2.24. The van der Waals surface area contributed by atoms with Gasteiger partial charge in [0.1, 0.15) is 0 Å². The van der Waals surface area contributed by atoms with Gasteiger partial charge in [-0.15, -0.1) is 0 Å². The Morgan fingerprint density at radius 3 is 2.80 bits per heavy atom. The van der Waals surface area contributed by atoms with Crippen LogP contribution in [0.2, 0.25) is 0 Å². The van der Waals surface area contributed by atoms with E-state index in [0.717, 1.165) is 5.56 Å². The lowest BCUT2D eigenvalue weighted by atomic mass is 10.1. The second-order valence-electron chi connectivity index (χ2n) is 4.65. The van der Waals surface area contributed by atoms with Crippen molar-refractivity contribution in [2.45, 2.75) is 32.2 Å². The molecule has 2 rings (SSSR count). The predicted molar refractivity (Wildman–Crippen MR) is 70.6 cm³/mol. The molecule has 0 aromatic heterocycles. The first-order valence-electron chi connectivity index (χ1n) is 6.47. The second kappa shape index (κ2) is 6.27. The van der Waals surface area contributed by atoms with Gasteiger partial charge in [-0.3, -0.25) is 9.59 Å². The molecule has 1 aromatic carbocycles. The van der Waals surface area contributed by atoms with E-state index in [1.54, 1.807) is 0 Å². The van der Waals surface area contributed by atoms with Gasteiger partial charge in [0.2, 0.25) is 12.7 Å². The molecule has 108 valence electrons. The molecule has 0 spiro atoms. The smallest absolute Gasteiger partial charge is 0.303 e. The van der Waals surface area contributed by atoms with Gasteiger partial charge in [0, 0.05) is 12.8 Å². The normalized spacial score (nSPS) is 13.8. The van der Waals surface area contributed by atoms with Crippen molar-refractivity contribution in [2.24, 2.45) is 0 Å². The first kappa shape index (κ1) is 14.2. The Morgan fingerprint density at radius 2 is 2.05 bits per heavy atom. The second-order valence-corrected chi connectivity index (χ2v) is 4.65. The van der Waals surface area contributed by atoms with Crippen LogP contribution in [0, 0.1) is 0 Å². The third kappa shape index (κ3) is 3.63. The van der Waals surface area contributed by atoms with E-state index in [2.05, 4.69) is 5.32 Å². The molecule has 0 saturated heterocycles. The number of fused-ring (bicyclic) bond motifs is 1. The molecule has 1 amide bonds. The van der Waals surface area contributed by atoms with Crippen LogP contribution in [0.5, 0.6) is 11.5 Å². The number of carboxylic acid groups (broad SMARTS) is 1. The molecular formula is C14H17NO5. The van der Waals surface area contributed by atoms with Crippen LogP contribution in [0.15, 0.2) is 18.2 Å². The first-order chi connectivity index (χ1) is 9.56. The predicted octanol–water partition coefficient (Wildman–Crippen LogP) is 1.85. The Bertz CT molecular complexity index is 514. The average Bonchev–Trinajstić information content (AvgIpc) is 2.85. The molecule has 1 aliphatic rings. The van der Waals surface area contributed by atoms with Crippen molar-refractivity contribution < 1.29 is 24.2 Å². The highest BCUT2D eigenvalue weighted by atomic mass is 16.7. The van der Waals surface area contributed by atoms with Crippen LogP contribution < -0.4 is 14.8 Å². The van der Waals surface area contributed by atoms with Gasteiger partial charge < -0.3 is 19.9 Å². The summed E-state index contributed by atoms with van der Waals surface area (Å²) in [5, 5.41) is 11.4. The monoisotopic (exact) mass is 279 g/mol. The van der Waals surface area contributed by atoms with Gasteiger partial charge in [0.25, 0.3) is 0 Å². The largest absolute Gasteiger partial charge is 0.481 e. The Balaban J connectivity index is 1.86. The molecule has 1 atom stereocenters. The van der Waals surface area contributed by atoms with Gasteiger partial charge in [0.05, 0.1) is 6.04 Å². The van der Waals surface area contributed by atoms with Crippen LogP contribution in [0.25, 0.3) is 0 Å². The first-order valence-corrected chi connectivity index (χ1v) is 6.47. The minimum Gasteiger partial charge on any atom is -0.481 e. The molecule has 1 heterocycles. The number of hydrogen-bond donors (Lipinski definition) is 2. The number of aliphatic carboxylic acids is 1. The summed E-state index contributed by atoms with van der Waals surface area (Å²) in [5.41, 5.74) is 0.917. The van der Waals surface area contributed by atoms with Gasteiger partial charge in [-0.1, -0.05) is 6.07 Å². The zero-order valence-electron chi connectivity index (χ0n) is 11.2. The quantitative estimate of drug-likeness (QED) is 0.830. The summed E-state index contributed by atoms with van der Waals surface area (Å²) in [6, 6.07) is 5.35. The van der Waals surface area contributed by atoms with Crippen molar-refractivity contribution in [1.29, 1.82) is 0 Å². The minimum atomic E-state index is -0.887. The van der Waals surface area contributed by atoms with Crippen LogP contribution in [-0.4, -0.2) is 23.8 Å². The number of benzene rings is 1. The fraction of sp³-hybridized carbons (Fsp3) is 0.429. The van der Waals surface area contributed by atoms with E-state index < -0.39 is 5.97 Å². The Kier molecular flexibility index (Phi) is 4.45. The summed E-state index contributed by atoms with van der Waals surface area (Å²) in [6.45, 7) is 2.08. The SMILES string of the molecule is C[C@@H](NC(=O)CCCC(=O)O)c1ccc2c(c1)OCO2. The van der Waals surface area contributed by atoms with Gasteiger partial charge in [0.15, 0.2) is 11.5 Å². The maximum Gasteiger partial charge on any atom is 0.303 e. The summed E-state index contributed by atoms with van der Waals surface area (Å²) in [4.78, 5) is 22.1. The van der Waals surface area contributed by atoms with Crippen molar-refractivity contribution in [2.75, 3.05) is 6.79 Å². The zero-order chi connectivity index (χ0) is 14.5. The molecule has 1 aromatic rings. The topological polar surface area (TPSA) is 84.9 Å². The molecular weight excluding hydrogens is 262 g/mol. The molecule has 6 nitrogen and oxygen atoms in total. The molecule has 0 saturated carbocycles. The van der Waals surface area contributed by atoms with E-state index in [0.29, 0.717) is 17.9 Å². The average molecular weight is 279 g/mol. The van der Waals surface area contributed by atoms with Crippen molar-refractivity contribution in [3.05, 3.63) is 23.8 Å². The summed E-state index contributed by atoms with van der Waals surface area (Å²) < 4.78 is 10.5. The van der Waals surface area contributed by atoms with E-state index in [-0.39, 0.29) is 31.6 Å². The van der Waals surface area contributed by atoms with Gasteiger partial charge in [-0.05, 0) is 31.0 Å². The molecule has 0 bridgehead atoms. The lowest BCUT2D eigenvalue weighted by Crippen LogP contribution is -2.26. The van der Waals surface area contributed by atoms with Crippen molar-refractivity contribution in [3.8, 4) is 11.5 Å². The van der Waals surface area contributed by atoms with Crippen molar-refractivity contribution in [1.82, 2.24) is 5.32 Å². The molecule has 1 aliphatic heterocycles. The van der Waals surface area contributed by atoms with E-state index >= 15 is 0 Å². The van der Waals surface area contributed by atoms with E-state index in [9.17, 15) is 9.59 Å². The summed E-state index contributed by atoms with van der Waals surface area (Å²) >= 11 is 0. The third-order valence-electron chi connectivity index (χ3n) is 3.07. The summed E-state index contributed by atoms with van der Waals surface area (Å²) in [6.07, 6.45) is 0.558. The Morgan fingerprint density at radius 1 is 1.30 bits per heavy atom. The molecule has 6 heteroatoms. The minimum absolute atomic E-state index is 0.00578. The fourth-order valence-corrected chi connectivity index (χ4v) is 1.98. The van der Waals surface area contributed by atoms with Crippen LogP contribution in [-0.2, 0) is 9.59 Å². The number of hydrogen-bond acceptors (Lipinski definition) is 4. The van der Waals surface area contributed by atoms with Crippen LogP contribution in [0.4, 0.5) is 0 Å². The molecule has 0 aliphatic carbocycles. The maximum atomic E-state index is 11.7. The lowest BCUT2D eigenvalue weighted by molar-refractivity contribution is -0.137. The Labute approximate surface area is 116 Å².